The van der Waals surface area contributed by atoms with Gasteiger partial charge in [0.15, 0.2) is 0 Å². The van der Waals surface area contributed by atoms with E-state index in [1.165, 1.54) is 0 Å². The summed E-state index contributed by atoms with van der Waals surface area (Å²) < 4.78 is 0. The van der Waals surface area contributed by atoms with E-state index < -0.39 is 0 Å². The molecule has 18 heavy (non-hydrogen) atoms. The van der Waals surface area contributed by atoms with E-state index >= 15 is 0 Å². The Kier molecular flexibility index (Phi) is 3.38. The fourth-order valence-corrected chi connectivity index (χ4v) is 2.88. The second-order valence-corrected chi connectivity index (χ2v) is 7.11. The Morgan fingerprint density at radius 3 is 2.28 bits per heavy atom. The number of rotatable bonds is 1. The van der Waals surface area contributed by atoms with Gasteiger partial charge in [0.2, 0.25) is 0 Å². The van der Waals surface area contributed by atoms with Gasteiger partial charge in [-0.3, -0.25) is 0 Å². The largest absolute Gasteiger partial charge is 0.197 e. The third kappa shape index (κ3) is 2.25. The van der Waals surface area contributed by atoms with E-state index in [0.717, 1.165) is 18.4 Å². The maximum Gasteiger partial charge on any atom is 0.0828 e. The van der Waals surface area contributed by atoms with Crippen LogP contribution in [0.25, 0.3) is 0 Å². The van der Waals surface area contributed by atoms with Crippen molar-refractivity contribution >= 4 is 23.2 Å². The molecule has 0 spiro atoms. The molecule has 1 aromatic rings. The van der Waals surface area contributed by atoms with Gasteiger partial charge in [-0.2, -0.15) is 5.26 Å². The minimum Gasteiger partial charge on any atom is -0.197 e. The predicted octanol–water partition coefficient (Wildman–Crippen LogP) is 5.21. The zero-order chi connectivity index (χ0) is 13.6. The highest BCUT2D eigenvalue weighted by Gasteiger charge is 2.50. The second kappa shape index (κ2) is 4.44. The number of nitriles is 1. The molecule has 0 saturated heterocycles. The summed E-state index contributed by atoms with van der Waals surface area (Å²) in [6.07, 6.45) is 1.82. The van der Waals surface area contributed by atoms with Crippen molar-refractivity contribution in [3.05, 3.63) is 33.8 Å². The molecule has 0 N–H and O–H groups in total. The summed E-state index contributed by atoms with van der Waals surface area (Å²) in [4.78, 5) is 0. The molecule has 1 nitrogen and oxygen atoms in total. The lowest BCUT2D eigenvalue weighted by Gasteiger charge is -2.49. The lowest BCUT2D eigenvalue weighted by atomic mass is 9.53. The standard InChI is InChI=1S/C15H17Cl2N/c1-14(2,3)11-7-15(8-11,9-18)10-4-5-12(16)13(17)6-10/h4-6,11H,7-8H2,1-3H3. The minimum atomic E-state index is -0.369. The van der Waals surface area contributed by atoms with E-state index in [9.17, 15) is 5.26 Å². The van der Waals surface area contributed by atoms with E-state index in [0.29, 0.717) is 16.0 Å². The summed E-state index contributed by atoms with van der Waals surface area (Å²) in [7, 11) is 0. The van der Waals surface area contributed by atoms with E-state index in [1.54, 1.807) is 6.07 Å². The van der Waals surface area contributed by atoms with E-state index in [1.807, 2.05) is 12.1 Å². The van der Waals surface area contributed by atoms with Crippen LogP contribution in [0.1, 0.15) is 39.2 Å². The quantitative estimate of drug-likeness (QED) is 0.693. The molecule has 1 aromatic carbocycles. The van der Waals surface area contributed by atoms with Gasteiger partial charge in [-0.05, 0) is 41.9 Å². The first-order valence-electron chi connectivity index (χ1n) is 6.15. The van der Waals surface area contributed by atoms with Gasteiger partial charge in [0.25, 0.3) is 0 Å². The number of nitrogens with zero attached hydrogens (tertiary/aromatic N) is 1. The van der Waals surface area contributed by atoms with Crippen LogP contribution in [0.15, 0.2) is 18.2 Å². The van der Waals surface area contributed by atoms with Crippen molar-refractivity contribution in [1.82, 2.24) is 0 Å². The third-order valence-electron chi connectivity index (χ3n) is 4.10. The molecule has 0 aliphatic heterocycles. The number of benzene rings is 1. The van der Waals surface area contributed by atoms with E-state index in [4.69, 9.17) is 23.2 Å². The highest BCUT2D eigenvalue weighted by molar-refractivity contribution is 6.42. The normalized spacial score (nSPS) is 27.4. The van der Waals surface area contributed by atoms with E-state index in [-0.39, 0.29) is 10.8 Å². The number of halogens is 2. The molecule has 2 rings (SSSR count). The van der Waals surface area contributed by atoms with Gasteiger partial charge in [0.1, 0.15) is 0 Å². The summed E-state index contributed by atoms with van der Waals surface area (Å²) in [5, 5.41) is 10.6. The lowest BCUT2D eigenvalue weighted by molar-refractivity contribution is 0.0783. The van der Waals surface area contributed by atoms with Crippen molar-refractivity contribution in [3.63, 3.8) is 0 Å². The minimum absolute atomic E-state index is 0.260. The average molecular weight is 282 g/mol. The van der Waals surface area contributed by atoms with Crippen molar-refractivity contribution in [2.24, 2.45) is 11.3 Å². The average Bonchev–Trinajstić information content (AvgIpc) is 2.20. The molecule has 1 aliphatic carbocycles. The second-order valence-electron chi connectivity index (χ2n) is 6.29. The van der Waals surface area contributed by atoms with Gasteiger partial charge in [-0.15, -0.1) is 0 Å². The molecule has 0 atom stereocenters. The fourth-order valence-electron chi connectivity index (χ4n) is 2.58. The monoisotopic (exact) mass is 281 g/mol. The molecule has 96 valence electrons. The Hall–Kier alpha value is -0.710. The molecule has 3 heteroatoms. The summed E-state index contributed by atoms with van der Waals surface area (Å²) in [6.45, 7) is 6.69. The molecule has 1 fully saturated rings. The number of hydrogen-bond donors (Lipinski definition) is 0. The highest BCUT2D eigenvalue weighted by Crippen LogP contribution is 2.54. The van der Waals surface area contributed by atoms with Crippen LogP contribution < -0.4 is 0 Å². The van der Waals surface area contributed by atoms with Crippen molar-refractivity contribution in [2.45, 2.75) is 39.0 Å². The van der Waals surface area contributed by atoms with Gasteiger partial charge in [-0.1, -0.05) is 50.0 Å². The smallest absolute Gasteiger partial charge is 0.0828 e. The van der Waals surface area contributed by atoms with Crippen LogP contribution in [0.3, 0.4) is 0 Å². The maximum absolute atomic E-state index is 9.51. The van der Waals surface area contributed by atoms with Gasteiger partial charge in [-0.25, -0.2) is 0 Å². The van der Waals surface area contributed by atoms with Crippen molar-refractivity contribution in [1.29, 1.82) is 5.26 Å². The molecule has 0 bridgehead atoms. The fraction of sp³-hybridized carbons (Fsp3) is 0.533. The van der Waals surface area contributed by atoms with Gasteiger partial charge < -0.3 is 0 Å². The van der Waals surface area contributed by atoms with Crippen LogP contribution in [0.5, 0.6) is 0 Å². The van der Waals surface area contributed by atoms with Crippen LogP contribution >= 0.6 is 23.2 Å². The Balaban J connectivity index is 2.27. The van der Waals surface area contributed by atoms with Crippen molar-refractivity contribution < 1.29 is 0 Å². The first kappa shape index (κ1) is 13.7. The highest BCUT2D eigenvalue weighted by atomic mass is 35.5. The first-order chi connectivity index (χ1) is 8.28. The predicted molar refractivity (Wildman–Crippen MR) is 75.9 cm³/mol. The van der Waals surface area contributed by atoms with Crippen LogP contribution in [-0.2, 0) is 5.41 Å². The molecule has 0 unspecified atom stereocenters. The topological polar surface area (TPSA) is 23.8 Å². The first-order valence-corrected chi connectivity index (χ1v) is 6.91. The van der Waals surface area contributed by atoms with Crippen LogP contribution in [0.4, 0.5) is 0 Å². The zero-order valence-electron chi connectivity index (χ0n) is 10.9. The zero-order valence-corrected chi connectivity index (χ0v) is 12.4. The van der Waals surface area contributed by atoms with Crippen molar-refractivity contribution in [3.8, 4) is 6.07 Å². The summed E-state index contributed by atoms with van der Waals surface area (Å²) in [5.74, 6) is 0.589. The van der Waals surface area contributed by atoms with Crippen LogP contribution in [0.2, 0.25) is 10.0 Å². The lowest BCUT2D eigenvalue weighted by Crippen LogP contribution is -2.45. The van der Waals surface area contributed by atoms with Gasteiger partial charge in [0, 0.05) is 0 Å². The molecule has 0 radical (unpaired) electrons. The summed E-state index contributed by atoms with van der Waals surface area (Å²) in [6, 6.07) is 8.02. The third-order valence-corrected chi connectivity index (χ3v) is 4.84. The maximum atomic E-state index is 9.51. The molecular formula is C15H17Cl2N. The van der Waals surface area contributed by atoms with E-state index in [2.05, 4.69) is 26.8 Å². The Bertz CT molecular complexity index is 502. The molecule has 1 saturated carbocycles. The van der Waals surface area contributed by atoms with Gasteiger partial charge >= 0.3 is 0 Å². The van der Waals surface area contributed by atoms with Crippen LogP contribution in [0, 0.1) is 22.7 Å². The summed E-state index contributed by atoms with van der Waals surface area (Å²) in [5.41, 5.74) is 0.892. The number of hydrogen-bond acceptors (Lipinski definition) is 1. The molecule has 0 amide bonds. The molecular weight excluding hydrogens is 265 g/mol. The Labute approximate surface area is 119 Å². The Morgan fingerprint density at radius 1 is 1.22 bits per heavy atom. The molecule has 0 heterocycles. The molecule has 0 aromatic heterocycles. The molecule has 1 aliphatic rings. The summed E-state index contributed by atoms with van der Waals surface area (Å²) >= 11 is 12.0. The Morgan fingerprint density at radius 2 is 1.83 bits per heavy atom. The van der Waals surface area contributed by atoms with Crippen LogP contribution in [-0.4, -0.2) is 0 Å². The van der Waals surface area contributed by atoms with Gasteiger partial charge in [0.05, 0.1) is 21.5 Å². The van der Waals surface area contributed by atoms with Crippen molar-refractivity contribution in [2.75, 3.05) is 0 Å². The SMILES string of the molecule is CC(C)(C)C1CC(C#N)(c2ccc(Cl)c(Cl)c2)C1.